The Morgan fingerprint density at radius 1 is 1.29 bits per heavy atom. The summed E-state index contributed by atoms with van der Waals surface area (Å²) in [5.74, 6) is 1.00. The molecule has 1 N–H and O–H groups in total. The van der Waals surface area contributed by atoms with E-state index in [1.807, 2.05) is 0 Å². The van der Waals surface area contributed by atoms with Crippen LogP contribution in [0.15, 0.2) is 24.3 Å². The fourth-order valence-corrected chi connectivity index (χ4v) is 3.64. The first-order valence-corrected chi connectivity index (χ1v) is 8.54. The summed E-state index contributed by atoms with van der Waals surface area (Å²) in [5, 5.41) is 3.75. The molecular formula is C18H28N2O. The zero-order valence-corrected chi connectivity index (χ0v) is 13.2. The second-order valence-corrected chi connectivity index (χ2v) is 6.43. The van der Waals surface area contributed by atoms with Crippen LogP contribution in [0.5, 0.6) is 5.75 Å². The van der Waals surface area contributed by atoms with Crippen LogP contribution in [0.4, 0.5) is 0 Å². The normalized spacial score (nSPS) is 25.8. The van der Waals surface area contributed by atoms with Gasteiger partial charge in [-0.1, -0.05) is 19.1 Å². The van der Waals surface area contributed by atoms with Gasteiger partial charge >= 0.3 is 0 Å². The van der Waals surface area contributed by atoms with Crippen LogP contribution in [-0.2, 0) is 6.54 Å². The van der Waals surface area contributed by atoms with E-state index in [0.29, 0.717) is 6.04 Å². The Morgan fingerprint density at radius 3 is 3.14 bits per heavy atom. The van der Waals surface area contributed by atoms with Gasteiger partial charge in [0, 0.05) is 18.6 Å². The third kappa shape index (κ3) is 3.98. The van der Waals surface area contributed by atoms with Gasteiger partial charge in [0.1, 0.15) is 5.75 Å². The van der Waals surface area contributed by atoms with Crippen molar-refractivity contribution in [2.24, 2.45) is 0 Å². The van der Waals surface area contributed by atoms with Gasteiger partial charge in [-0.2, -0.15) is 0 Å². The Kier molecular flexibility index (Phi) is 5.15. The molecule has 2 saturated heterocycles. The summed E-state index contributed by atoms with van der Waals surface area (Å²) in [5.41, 5.74) is 1.33. The lowest BCUT2D eigenvalue weighted by Gasteiger charge is -2.35. The van der Waals surface area contributed by atoms with E-state index >= 15 is 0 Å². The zero-order valence-electron chi connectivity index (χ0n) is 13.2. The first-order chi connectivity index (χ1) is 10.3. The maximum Gasteiger partial charge on any atom is 0.119 e. The van der Waals surface area contributed by atoms with E-state index in [2.05, 4.69) is 41.4 Å². The van der Waals surface area contributed by atoms with Gasteiger partial charge < -0.3 is 15.0 Å². The molecule has 0 aromatic heterocycles. The number of ether oxygens (including phenoxy) is 1. The van der Waals surface area contributed by atoms with Gasteiger partial charge in [0.25, 0.3) is 0 Å². The Bertz CT molecular complexity index is 449. The number of hydrogen-bond donors (Lipinski definition) is 1. The lowest BCUT2D eigenvalue weighted by molar-refractivity contribution is 0.166. The minimum atomic E-state index is 0.685. The maximum absolute atomic E-state index is 5.71. The molecule has 116 valence electrons. The second-order valence-electron chi connectivity index (χ2n) is 6.43. The molecule has 0 aliphatic carbocycles. The highest BCUT2D eigenvalue weighted by atomic mass is 16.5. The van der Waals surface area contributed by atoms with Crippen LogP contribution in [0, 0.1) is 0 Å². The van der Waals surface area contributed by atoms with Crippen LogP contribution >= 0.6 is 0 Å². The molecule has 2 aliphatic rings. The van der Waals surface area contributed by atoms with Crippen molar-refractivity contribution < 1.29 is 4.74 Å². The highest BCUT2D eigenvalue weighted by Crippen LogP contribution is 2.27. The van der Waals surface area contributed by atoms with Gasteiger partial charge in [0.2, 0.25) is 0 Å². The SMILES string of the molecule is CCCOc1cccc(CNC2CCN3CCCC3C2)c1. The van der Waals surface area contributed by atoms with Gasteiger partial charge in [0.15, 0.2) is 0 Å². The predicted molar refractivity (Wildman–Crippen MR) is 86.7 cm³/mol. The molecule has 2 atom stereocenters. The number of fused-ring (bicyclic) bond motifs is 1. The van der Waals surface area contributed by atoms with E-state index < -0.39 is 0 Å². The highest BCUT2D eigenvalue weighted by Gasteiger charge is 2.31. The molecule has 1 aromatic carbocycles. The number of nitrogens with one attached hydrogen (secondary N) is 1. The van der Waals surface area contributed by atoms with Crippen molar-refractivity contribution in [3.63, 3.8) is 0 Å². The number of benzene rings is 1. The summed E-state index contributed by atoms with van der Waals surface area (Å²) in [6, 6.07) is 10.0. The minimum absolute atomic E-state index is 0.685. The fourth-order valence-electron chi connectivity index (χ4n) is 3.64. The molecule has 21 heavy (non-hydrogen) atoms. The third-order valence-corrected chi connectivity index (χ3v) is 4.79. The molecule has 0 saturated carbocycles. The topological polar surface area (TPSA) is 24.5 Å². The van der Waals surface area contributed by atoms with Gasteiger partial charge in [-0.15, -0.1) is 0 Å². The molecule has 3 rings (SSSR count). The summed E-state index contributed by atoms with van der Waals surface area (Å²) >= 11 is 0. The molecule has 3 heteroatoms. The number of piperidine rings is 1. The molecule has 2 unspecified atom stereocenters. The van der Waals surface area contributed by atoms with E-state index in [0.717, 1.165) is 31.4 Å². The standard InChI is InChI=1S/C18H28N2O/c1-2-11-21-18-7-3-5-15(12-18)14-19-16-8-10-20-9-4-6-17(20)13-16/h3,5,7,12,16-17,19H,2,4,6,8-11,13-14H2,1H3. The molecule has 3 nitrogen and oxygen atoms in total. The molecular weight excluding hydrogens is 260 g/mol. The van der Waals surface area contributed by atoms with Gasteiger partial charge in [0.05, 0.1) is 6.61 Å². The van der Waals surface area contributed by atoms with Crippen molar-refractivity contribution in [2.45, 2.75) is 57.7 Å². The van der Waals surface area contributed by atoms with Crippen molar-refractivity contribution in [1.29, 1.82) is 0 Å². The summed E-state index contributed by atoms with van der Waals surface area (Å²) in [6.07, 6.45) is 6.48. The Morgan fingerprint density at radius 2 is 2.24 bits per heavy atom. The summed E-state index contributed by atoms with van der Waals surface area (Å²) in [4.78, 5) is 2.68. The number of nitrogens with zero attached hydrogens (tertiary/aromatic N) is 1. The lowest BCUT2D eigenvalue weighted by atomic mass is 9.97. The van der Waals surface area contributed by atoms with Gasteiger partial charge in [-0.25, -0.2) is 0 Å². The number of hydrogen-bond acceptors (Lipinski definition) is 3. The van der Waals surface area contributed by atoms with Crippen LogP contribution in [0.25, 0.3) is 0 Å². The molecule has 0 spiro atoms. The van der Waals surface area contributed by atoms with Crippen molar-refractivity contribution in [1.82, 2.24) is 10.2 Å². The summed E-state index contributed by atoms with van der Waals surface area (Å²) in [7, 11) is 0. The van der Waals surface area contributed by atoms with Crippen LogP contribution in [0.2, 0.25) is 0 Å². The monoisotopic (exact) mass is 288 g/mol. The summed E-state index contributed by atoms with van der Waals surface area (Å²) in [6.45, 7) is 6.51. The second kappa shape index (κ2) is 7.28. The molecule has 0 radical (unpaired) electrons. The largest absolute Gasteiger partial charge is 0.494 e. The quantitative estimate of drug-likeness (QED) is 0.870. The van der Waals surface area contributed by atoms with Crippen LogP contribution in [-0.4, -0.2) is 36.7 Å². The first-order valence-electron chi connectivity index (χ1n) is 8.54. The van der Waals surface area contributed by atoms with Crippen molar-refractivity contribution in [2.75, 3.05) is 19.7 Å². The molecule has 2 aliphatic heterocycles. The minimum Gasteiger partial charge on any atom is -0.494 e. The molecule has 2 heterocycles. The van der Waals surface area contributed by atoms with Gasteiger partial charge in [-0.05, 0) is 62.9 Å². The van der Waals surface area contributed by atoms with Crippen LogP contribution in [0.3, 0.4) is 0 Å². The van der Waals surface area contributed by atoms with Crippen LogP contribution < -0.4 is 10.1 Å². The Balaban J connectivity index is 1.48. The Hall–Kier alpha value is -1.06. The predicted octanol–water partition coefficient (Wildman–Crippen LogP) is 3.19. The van der Waals surface area contributed by atoms with E-state index in [1.54, 1.807) is 0 Å². The van der Waals surface area contributed by atoms with Crippen LogP contribution in [0.1, 0.15) is 44.6 Å². The molecule has 1 aromatic rings. The van der Waals surface area contributed by atoms with Crippen molar-refractivity contribution >= 4 is 0 Å². The third-order valence-electron chi connectivity index (χ3n) is 4.79. The van der Waals surface area contributed by atoms with E-state index in [1.165, 1.54) is 44.3 Å². The molecule has 0 bridgehead atoms. The maximum atomic E-state index is 5.71. The summed E-state index contributed by atoms with van der Waals surface area (Å²) < 4.78 is 5.71. The van der Waals surface area contributed by atoms with Crippen molar-refractivity contribution in [3.8, 4) is 5.75 Å². The van der Waals surface area contributed by atoms with Gasteiger partial charge in [-0.3, -0.25) is 0 Å². The average molecular weight is 288 g/mol. The first kappa shape index (κ1) is 14.9. The average Bonchev–Trinajstić information content (AvgIpc) is 2.99. The zero-order chi connectivity index (χ0) is 14.5. The van der Waals surface area contributed by atoms with E-state index in [-0.39, 0.29) is 0 Å². The van der Waals surface area contributed by atoms with E-state index in [4.69, 9.17) is 4.74 Å². The number of rotatable bonds is 6. The fraction of sp³-hybridized carbons (Fsp3) is 0.667. The lowest BCUT2D eigenvalue weighted by Crippen LogP contribution is -2.45. The Labute approximate surface area is 128 Å². The van der Waals surface area contributed by atoms with Crippen molar-refractivity contribution in [3.05, 3.63) is 29.8 Å². The molecule has 2 fully saturated rings. The van der Waals surface area contributed by atoms with E-state index in [9.17, 15) is 0 Å². The molecule has 0 amide bonds. The smallest absolute Gasteiger partial charge is 0.119 e. The highest BCUT2D eigenvalue weighted by molar-refractivity contribution is 5.28.